The molecule has 1 saturated heterocycles. The van der Waals surface area contributed by atoms with Crippen molar-refractivity contribution in [3.8, 4) is 0 Å². The molecular weight excluding hydrogens is 368 g/mol. The van der Waals surface area contributed by atoms with Crippen molar-refractivity contribution in [3.63, 3.8) is 0 Å². The van der Waals surface area contributed by atoms with Crippen LogP contribution in [0, 0.1) is 46.3 Å². The van der Waals surface area contributed by atoms with Crippen molar-refractivity contribution >= 4 is 0 Å². The lowest BCUT2D eigenvalue weighted by Crippen LogP contribution is -2.55. The number of epoxide rings is 1. The highest BCUT2D eigenvalue weighted by molar-refractivity contribution is 5.38. The van der Waals surface area contributed by atoms with Gasteiger partial charge in [0.25, 0.3) is 0 Å². The van der Waals surface area contributed by atoms with Crippen LogP contribution in [0.25, 0.3) is 0 Å². The second-order valence-corrected chi connectivity index (χ2v) is 12.6. The molecule has 5 rings (SSSR count). The smallest absolute Gasteiger partial charge is 0.107 e. The molecule has 2 nitrogen and oxygen atoms in total. The standard InChI is InChI=1S/C28H44O2/c1-17(2)18(3)7-8-19(4)22-9-10-23-21-15-25-28(30-25)16-20(29)11-14-27(28,6)24(21)12-13-26(22,23)5/h7-8,15,17-20,22-25,29H,9-14,16H2,1-6H3/b8-7+/t18-,19-,20+,22-,23+,24+,25+,26-,27-,28+/m1/s1. The lowest BCUT2D eigenvalue weighted by atomic mass is 9.47. The van der Waals surface area contributed by atoms with Gasteiger partial charge in [-0.1, -0.05) is 65.3 Å². The summed E-state index contributed by atoms with van der Waals surface area (Å²) in [6.07, 6.45) is 16.0. The summed E-state index contributed by atoms with van der Waals surface area (Å²) in [5.74, 6) is 4.26. The summed E-state index contributed by atoms with van der Waals surface area (Å²) in [5, 5.41) is 10.4. The number of fused-ring (bicyclic) bond motifs is 4. The van der Waals surface area contributed by atoms with Crippen molar-refractivity contribution < 1.29 is 9.84 Å². The maximum Gasteiger partial charge on any atom is 0.107 e. The fourth-order valence-corrected chi connectivity index (χ4v) is 8.52. The molecule has 1 spiro atoms. The summed E-state index contributed by atoms with van der Waals surface area (Å²) in [5.41, 5.74) is 2.38. The zero-order valence-electron chi connectivity index (χ0n) is 20.2. The van der Waals surface area contributed by atoms with Gasteiger partial charge in [-0.25, -0.2) is 0 Å². The van der Waals surface area contributed by atoms with Gasteiger partial charge in [0.15, 0.2) is 0 Å². The Morgan fingerprint density at radius 1 is 1.00 bits per heavy atom. The van der Waals surface area contributed by atoms with Crippen molar-refractivity contribution in [1.82, 2.24) is 0 Å². The summed E-state index contributed by atoms with van der Waals surface area (Å²) in [6.45, 7) is 14.6. The van der Waals surface area contributed by atoms with Gasteiger partial charge in [0, 0.05) is 11.8 Å². The molecule has 0 aromatic heterocycles. The third kappa shape index (κ3) is 2.81. The summed E-state index contributed by atoms with van der Waals surface area (Å²) < 4.78 is 6.43. The van der Waals surface area contributed by atoms with E-state index < -0.39 is 0 Å². The average Bonchev–Trinajstić information content (AvgIpc) is 3.27. The van der Waals surface area contributed by atoms with E-state index in [1.807, 2.05) is 0 Å². The number of allylic oxidation sites excluding steroid dienone is 3. The Balaban J connectivity index is 1.40. The Kier molecular flexibility index (Phi) is 4.92. The Morgan fingerprint density at radius 3 is 2.50 bits per heavy atom. The Labute approximate surface area is 184 Å². The van der Waals surface area contributed by atoms with E-state index in [0.717, 1.165) is 37.0 Å². The molecule has 1 heterocycles. The van der Waals surface area contributed by atoms with Crippen LogP contribution < -0.4 is 0 Å². The highest BCUT2D eigenvalue weighted by Gasteiger charge is 2.73. The SMILES string of the molecule is CC(C)[C@H](C)/C=C/[C@@H](C)[C@H]1CC[C@H]2C3=C[C@@H]4O[C@@]45C[C@@H](O)CC[C@]5(C)[C@H]3CC[C@]12C. The zero-order valence-corrected chi connectivity index (χ0v) is 20.2. The van der Waals surface area contributed by atoms with E-state index in [1.54, 1.807) is 5.57 Å². The molecule has 3 saturated carbocycles. The van der Waals surface area contributed by atoms with Crippen LogP contribution in [0.5, 0.6) is 0 Å². The zero-order chi connectivity index (χ0) is 21.5. The van der Waals surface area contributed by atoms with Crippen molar-refractivity contribution in [2.45, 2.75) is 104 Å². The van der Waals surface area contributed by atoms with Crippen LogP contribution in [0.4, 0.5) is 0 Å². The van der Waals surface area contributed by atoms with Crippen molar-refractivity contribution in [2.24, 2.45) is 46.3 Å². The maximum atomic E-state index is 10.4. The van der Waals surface area contributed by atoms with Crippen molar-refractivity contribution in [1.29, 1.82) is 0 Å². The Bertz CT molecular complexity index is 752. The van der Waals surface area contributed by atoms with E-state index >= 15 is 0 Å². The molecule has 1 N–H and O–H groups in total. The topological polar surface area (TPSA) is 32.8 Å². The molecule has 0 amide bonds. The molecule has 0 aromatic rings. The van der Waals surface area contributed by atoms with Crippen LogP contribution in [0.1, 0.15) is 86.5 Å². The predicted octanol–water partition coefficient (Wildman–Crippen LogP) is 6.54. The first-order chi connectivity index (χ1) is 14.1. The molecule has 168 valence electrons. The molecule has 0 radical (unpaired) electrons. The Morgan fingerprint density at radius 2 is 1.77 bits per heavy atom. The third-order valence-electron chi connectivity index (χ3n) is 10.9. The molecule has 1 aliphatic heterocycles. The van der Waals surface area contributed by atoms with Gasteiger partial charge in [0.1, 0.15) is 11.7 Å². The van der Waals surface area contributed by atoms with Crippen LogP contribution in [-0.4, -0.2) is 22.9 Å². The lowest BCUT2D eigenvalue weighted by molar-refractivity contribution is -0.0527. The van der Waals surface area contributed by atoms with Crippen LogP contribution in [0.15, 0.2) is 23.8 Å². The van der Waals surface area contributed by atoms with Gasteiger partial charge in [-0.3, -0.25) is 0 Å². The molecular formula is C28H44O2. The molecule has 0 aromatic carbocycles. The number of aliphatic hydroxyl groups is 1. The largest absolute Gasteiger partial charge is 0.393 e. The minimum absolute atomic E-state index is 0.0480. The van der Waals surface area contributed by atoms with E-state index in [-0.39, 0.29) is 23.2 Å². The van der Waals surface area contributed by atoms with Gasteiger partial charge in [0.05, 0.1) is 6.10 Å². The first kappa shape index (κ1) is 21.3. The number of ether oxygens (including phenoxy) is 1. The molecule has 4 fully saturated rings. The van der Waals surface area contributed by atoms with E-state index in [4.69, 9.17) is 4.74 Å². The van der Waals surface area contributed by atoms with Crippen LogP contribution in [0.2, 0.25) is 0 Å². The lowest BCUT2D eigenvalue weighted by Gasteiger charge is -2.56. The predicted molar refractivity (Wildman–Crippen MR) is 123 cm³/mol. The quantitative estimate of drug-likeness (QED) is 0.420. The van der Waals surface area contributed by atoms with Crippen LogP contribution in [-0.2, 0) is 4.74 Å². The molecule has 5 aliphatic rings. The minimum atomic E-state index is -0.163. The molecule has 0 bridgehead atoms. The fourth-order valence-electron chi connectivity index (χ4n) is 8.52. The normalized spacial score (nSPS) is 51.6. The third-order valence-corrected chi connectivity index (χ3v) is 10.9. The van der Waals surface area contributed by atoms with Crippen LogP contribution >= 0.6 is 0 Å². The van der Waals surface area contributed by atoms with E-state index in [1.165, 1.54) is 25.7 Å². The molecule has 30 heavy (non-hydrogen) atoms. The summed E-state index contributed by atoms with van der Waals surface area (Å²) in [7, 11) is 0. The van der Waals surface area contributed by atoms with E-state index in [2.05, 4.69) is 59.8 Å². The molecule has 10 atom stereocenters. The molecule has 0 unspecified atom stereocenters. The van der Waals surface area contributed by atoms with Crippen LogP contribution in [0.3, 0.4) is 0 Å². The minimum Gasteiger partial charge on any atom is -0.393 e. The molecule has 4 aliphatic carbocycles. The first-order valence-corrected chi connectivity index (χ1v) is 12.9. The summed E-state index contributed by atoms with van der Waals surface area (Å²) in [6, 6.07) is 0. The van der Waals surface area contributed by atoms with E-state index in [9.17, 15) is 5.11 Å². The van der Waals surface area contributed by atoms with Gasteiger partial charge in [-0.2, -0.15) is 0 Å². The maximum absolute atomic E-state index is 10.4. The number of rotatable bonds is 4. The van der Waals surface area contributed by atoms with Gasteiger partial charge in [-0.15, -0.1) is 0 Å². The second kappa shape index (κ2) is 6.95. The molecule has 2 heteroatoms. The number of hydrogen-bond donors (Lipinski definition) is 1. The average molecular weight is 413 g/mol. The van der Waals surface area contributed by atoms with Gasteiger partial charge >= 0.3 is 0 Å². The first-order valence-electron chi connectivity index (χ1n) is 12.9. The van der Waals surface area contributed by atoms with E-state index in [0.29, 0.717) is 23.2 Å². The van der Waals surface area contributed by atoms with Gasteiger partial charge in [-0.05, 0) is 79.4 Å². The highest BCUT2D eigenvalue weighted by atomic mass is 16.6. The van der Waals surface area contributed by atoms with Crippen molar-refractivity contribution in [2.75, 3.05) is 0 Å². The highest BCUT2D eigenvalue weighted by Crippen LogP contribution is 2.72. The van der Waals surface area contributed by atoms with Gasteiger partial charge in [0.2, 0.25) is 0 Å². The Hall–Kier alpha value is -0.600. The number of aliphatic hydroxyl groups excluding tert-OH is 1. The second-order valence-electron chi connectivity index (χ2n) is 12.6. The van der Waals surface area contributed by atoms with Crippen molar-refractivity contribution in [3.05, 3.63) is 23.8 Å². The monoisotopic (exact) mass is 412 g/mol. The fraction of sp³-hybridized carbons (Fsp3) is 0.857. The summed E-state index contributed by atoms with van der Waals surface area (Å²) in [4.78, 5) is 0. The summed E-state index contributed by atoms with van der Waals surface area (Å²) >= 11 is 0. The van der Waals surface area contributed by atoms with Gasteiger partial charge < -0.3 is 9.84 Å². The number of hydrogen-bond acceptors (Lipinski definition) is 2.